The fourth-order valence-corrected chi connectivity index (χ4v) is 4.19. The summed E-state index contributed by atoms with van der Waals surface area (Å²) in [6, 6.07) is 15.3. The van der Waals surface area contributed by atoms with E-state index in [4.69, 9.17) is 9.15 Å². The first kappa shape index (κ1) is 15.5. The third-order valence-electron chi connectivity index (χ3n) is 4.55. The smallest absolute Gasteiger partial charge is 0.346 e. The lowest BCUT2D eigenvalue weighted by molar-refractivity contribution is 0.223. The van der Waals surface area contributed by atoms with E-state index in [1.54, 1.807) is 6.07 Å². The zero-order valence-corrected chi connectivity index (χ0v) is 14.7. The van der Waals surface area contributed by atoms with Gasteiger partial charge in [-0.05, 0) is 43.3 Å². The lowest BCUT2D eigenvalue weighted by Gasteiger charge is -2.12. The van der Waals surface area contributed by atoms with E-state index >= 15 is 0 Å². The van der Waals surface area contributed by atoms with Gasteiger partial charge in [0, 0.05) is 18.0 Å². The summed E-state index contributed by atoms with van der Waals surface area (Å²) >= 11 is 1.49. The number of aromatic nitrogens is 1. The van der Waals surface area contributed by atoms with Crippen LogP contribution < -0.4 is 15.7 Å². The zero-order chi connectivity index (χ0) is 17.5. The maximum atomic E-state index is 12.5. The first-order chi connectivity index (χ1) is 12.8. The number of hydrogen-bond donors (Lipinski definition) is 1. The summed E-state index contributed by atoms with van der Waals surface area (Å²) in [6.07, 6.45) is 1.15. The summed E-state index contributed by atoms with van der Waals surface area (Å²) in [7, 11) is 0. The molecular weight excluding hydrogens is 348 g/mol. The summed E-state index contributed by atoms with van der Waals surface area (Å²) in [4.78, 5) is 17.1. The van der Waals surface area contributed by atoms with Crippen LogP contribution in [0.1, 0.15) is 6.42 Å². The van der Waals surface area contributed by atoms with Crippen molar-refractivity contribution in [1.82, 2.24) is 10.3 Å². The number of ether oxygens (including phenoxy) is 1. The van der Waals surface area contributed by atoms with Crippen molar-refractivity contribution in [3.8, 4) is 16.3 Å². The molecule has 1 saturated heterocycles. The Kier molecular flexibility index (Phi) is 3.72. The molecule has 0 saturated carbocycles. The van der Waals surface area contributed by atoms with Crippen LogP contribution in [0.5, 0.6) is 5.75 Å². The molecule has 3 heterocycles. The molecule has 0 aliphatic carbocycles. The highest BCUT2D eigenvalue weighted by Gasteiger charge is 2.17. The Labute approximate surface area is 153 Å². The third kappa shape index (κ3) is 2.77. The van der Waals surface area contributed by atoms with Crippen LogP contribution in [0.2, 0.25) is 0 Å². The maximum Gasteiger partial charge on any atom is 0.346 e. The van der Waals surface area contributed by atoms with Crippen LogP contribution in [0.3, 0.4) is 0 Å². The number of benzene rings is 2. The van der Waals surface area contributed by atoms with Crippen LogP contribution in [0.4, 0.5) is 0 Å². The lowest BCUT2D eigenvalue weighted by Crippen LogP contribution is -2.19. The van der Waals surface area contributed by atoms with E-state index in [2.05, 4.69) is 10.3 Å². The summed E-state index contributed by atoms with van der Waals surface area (Å²) < 4.78 is 12.6. The highest BCUT2D eigenvalue weighted by Crippen LogP contribution is 2.30. The molecule has 0 amide bonds. The minimum atomic E-state index is -0.378. The van der Waals surface area contributed by atoms with Gasteiger partial charge < -0.3 is 14.5 Å². The predicted octanol–water partition coefficient (Wildman–Crippen LogP) is 3.81. The molecule has 4 aromatic rings. The van der Waals surface area contributed by atoms with Gasteiger partial charge >= 0.3 is 5.63 Å². The predicted molar refractivity (Wildman–Crippen MR) is 103 cm³/mol. The van der Waals surface area contributed by atoms with Crippen LogP contribution in [0, 0.1) is 0 Å². The molecule has 1 N–H and O–H groups in total. The highest BCUT2D eigenvalue weighted by molar-refractivity contribution is 7.21. The Balaban J connectivity index is 1.55. The van der Waals surface area contributed by atoms with Crippen molar-refractivity contribution in [2.75, 3.05) is 13.1 Å². The minimum absolute atomic E-state index is 0.168. The van der Waals surface area contributed by atoms with Crippen LogP contribution in [-0.4, -0.2) is 24.2 Å². The second-order valence-electron chi connectivity index (χ2n) is 6.37. The molecule has 0 radical (unpaired) electrons. The van der Waals surface area contributed by atoms with Crippen LogP contribution in [0.15, 0.2) is 57.7 Å². The number of para-hydroxylation sites is 1. The minimum Gasteiger partial charge on any atom is -0.489 e. The third-order valence-corrected chi connectivity index (χ3v) is 5.62. The van der Waals surface area contributed by atoms with Gasteiger partial charge in [0.15, 0.2) is 0 Å². The number of hydrogen-bond acceptors (Lipinski definition) is 6. The van der Waals surface area contributed by atoms with Crippen LogP contribution >= 0.6 is 11.3 Å². The molecule has 1 atom stereocenters. The molecule has 5 rings (SSSR count). The van der Waals surface area contributed by atoms with E-state index in [9.17, 15) is 4.79 Å². The molecule has 2 aromatic heterocycles. The monoisotopic (exact) mass is 364 g/mol. The molecule has 130 valence electrons. The Morgan fingerprint density at radius 3 is 2.96 bits per heavy atom. The Hall–Kier alpha value is -2.70. The normalized spacial score (nSPS) is 17.2. The van der Waals surface area contributed by atoms with Gasteiger partial charge in [-0.15, -0.1) is 11.3 Å². The van der Waals surface area contributed by atoms with E-state index in [1.807, 2.05) is 42.5 Å². The van der Waals surface area contributed by atoms with Crippen LogP contribution in [-0.2, 0) is 0 Å². The molecule has 1 aliphatic rings. The molecule has 1 aliphatic heterocycles. The SMILES string of the molecule is O=c1oc2cc(O[C@H]3CCNC3)ccc2cc1-c1nc2ccccc2s1. The number of thiazole rings is 1. The first-order valence-electron chi connectivity index (χ1n) is 8.57. The average Bonchev–Trinajstić information content (AvgIpc) is 3.30. The fourth-order valence-electron chi connectivity index (χ4n) is 3.22. The van der Waals surface area contributed by atoms with Crippen molar-refractivity contribution < 1.29 is 9.15 Å². The Morgan fingerprint density at radius 1 is 1.19 bits per heavy atom. The van der Waals surface area contributed by atoms with Gasteiger partial charge in [-0.2, -0.15) is 0 Å². The Bertz CT molecular complexity index is 1130. The first-order valence-corrected chi connectivity index (χ1v) is 9.39. The maximum absolute atomic E-state index is 12.5. The van der Waals surface area contributed by atoms with Gasteiger partial charge in [-0.1, -0.05) is 12.1 Å². The molecule has 26 heavy (non-hydrogen) atoms. The van der Waals surface area contributed by atoms with E-state index in [1.165, 1.54) is 11.3 Å². The van der Waals surface area contributed by atoms with Gasteiger partial charge in [0.05, 0.1) is 15.8 Å². The number of fused-ring (bicyclic) bond motifs is 2. The number of rotatable bonds is 3. The van der Waals surface area contributed by atoms with Crippen molar-refractivity contribution in [2.45, 2.75) is 12.5 Å². The molecule has 0 unspecified atom stereocenters. The molecule has 5 nitrogen and oxygen atoms in total. The summed E-state index contributed by atoms with van der Waals surface area (Å²) in [6.45, 7) is 1.82. The van der Waals surface area contributed by atoms with Crippen molar-refractivity contribution in [3.05, 3.63) is 59.0 Å². The van der Waals surface area contributed by atoms with Gasteiger partial charge in [-0.3, -0.25) is 0 Å². The highest BCUT2D eigenvalue weighted by atomic mass is 32.1. The Morgan fingerprint density at radius 2 is 2.12 bits per heavy atom. The summed E-state index contributed by atoms with van der Waals surface area (Å²) in [5.74, 6) is 0.724. The van der Waals surface area contributed by atoms with E-state index in [-0.39, 0.29) is 11.7 Å². The second kappa shape index (κ2) is 6.23. The fraction of sp³-hybridized carbons (Fsp3) is 0.200. The number of nitrogens with one attached hydrogen (secondary N) is 1. The molecular formula is C20H16N2O3S. The van der Waals surface area contributed by atoms with E-state index in [0.29, 0.717) is 16.2 Å². The van der Waals surface area contributed by atoms with Crippen molar-refractivity contribution in [3.63, 3.8) is 0 Å². The lowest BCUT2D eigenvalue weighted by atomic mass is 10.2. The van der Waals surface area contributed by atoms with Gasteiger partial charge in [0.1, 0.15) is 22.4 Å². The molecule has 2 aromatic carbocycles. The largest absolute Gasteiger partial charge is 0.489 e. The van der Waals surface area contributed by atoms with Crippen molar-refractivity contribution >= 4 is 32.5 Å². The standard InChI is InChI=1S/C20H16N2O3S/c23-20-15(19-22-16-3-1-2-4-18(16)26-19)9-12-5-6-13(10-17(12)25-20)24-14-7-8-21-11-14/h1-6,9-10,14,21H,7-8,11H2/t14-/m0/s1. The molecule has 0 bridgehead atoms. The van der Waals surface area contributed by atoms with Crippen LogP contribution in [0.25, 0.3) is 31.8 Å². The second-order valence-corrected chi connectivity index (χ2v) is 7.40. The quantitative estimate of drug-likeness (QED) is 0.560. The van der Waals surface area contributed by atoms with Gasteiger partial charge in [-0.25, -0.2) is 9.78 Å². The summed E-state index contributed by atoms with van der Waals surface area (Å²) in [5, 5.41) is 4.81. The van der Waals surface area contributed by atoms with Crippen molar-refractivity contribution in [2.24, 2.45) is 0 Å². The number of nitrogens with zero attached hydrogens (tertiary/aromatic N) is 1. The van der Waals surface area contributed by atoms with Gasteiger partial charge in [0.25, 0.3) is 0 Å². The van der Waals surface area contributed by atoms with E-state index < -0.39 is 0 Å². The zero-order valence-electron chi connectivity index (χ0n) is 13.9. The van der Waals surface area contributed by atoms with Gasteiger partial charge in [0.2, 0.25) is 0 Å². The molecule has 0 spiro atoms. The average molecular weight is 364 g/mol. The molecule has 1 fully saturated rings. The van der Waals surface area contributed by atoms with Crippen molar-refractivity contribution in [1.29, 1.82) is 0 Å². The summed E-state index contributed by atoms with van der Waals surface area (Å²) in [5.41, 5.74) is 1.54. The topological polar surface area (TPSA) is 64.4 Å². The molecule has 6 heteroatoms. The van der Waals surface area contributed by atoms with E-state index in [0.717, 1.165) is 40.9 Å².